The van der Waals surface area contributed by atoms with Crippen LogP contribution in [-0.2, 0) is 9.59 Å². The lowest BCUT2D eigenvalue weighted by atomic mass is 10.1. The Bertz CT molecular complexity index is 2070. The van der Waals surface area contributed by atoms with Gasteiger partial charge in [-0.3, -0.25) is 14.4 Å². The zero-order valence-corrected chi connectivity index (χ0v) is 22.7. The van der Waals surface area contributed by atoms with E-state index in [1.165, 1.54) is 24.3 Å². The molecule has 9 heteroatoms. The first kappa shape index (κ1) is 32.7. The summed E-state index contributed by atoms with van der Waals surface area (Å²) in [6.45, 7) is 1.66. The summed E-state index contributed by atoms with van der Waals surface area (Å²) < 4.78 is 0. The monoisotopic (exact) mass is 608 g/mol. The summed E-state index contributed by atoms with van der Waals surface area (Å²) in [7, 11) is 0. The number of hydrogen-bond donors (Lipinski definition) is 4. The molecular formula is C35H48N2O7. The summed E-state index contributed by atoms with van der Waals surface area (Å²) in [5, 5.41) is 23.1. The molecule has 2 amide bonds. The van der Waals surface area contributed by atoms with Crippen molar-refractivity contribution in [1.29, 1.82) is 0 Å². The standard InChI is InChI=1S/C35H16N2O7.16H2/c1-2-3-4-5-6-7-8-9-10-11-12-13-14-15-16-17-32(39)36-29-20-18-26(19-21-29)31(38)25-33(40)37-30-23-27(34(41)42)22-28(24-30)35(43)44;;;;;;;;;;;;;;;;/h18-24H,25H2,1H3,(H,36,39)(H,37,40)(H,41,42)(H,43,44);16*1H. The summed E-state index contributed by atoms with van der Waals surface area (Å²) >= 11 is 0. The molecule has 2 aromatic carbocycles. The van der Waals surface area contributed by atoms with Crippen molar-refractivity contribution >= 4 is 40.9 Å². The Morgan fingerprint density at radius 2 is 1.05 bits per heavy atom. The van der Waals surface area contributed by atoms with Gasteiger partial charge in [-0.05, 0) is 132 Å². The average molecular weight is 609 g/mol. The van der Waals surface area contributed by atoms with E-state index in [0.29, 0.717) is 5.69 Å². The number of Topliss-reactive ketones (excluding diaryl/α,β-unsaturated/α-hetero) is 1. The third-order valence-electron chi connectivity index (χ3n) is 4.61. The van der Waals surface area contributed by atoms with E-state index in [4.69, 9.17) is 10.2 Å². The van der Waals surface area contributed by atoms with Gasteiger partial charge in [-0.25, -0.2) is 9.59 Å². The van der Waals surface area contributed by atoms with Gasteiger partial charge in [-0.15, -0.1) is 0 Å². The normalized spacial score (nSPS) is 7.84. The number of hydrogen-bond acceptors (Lipinski definition) is 5. The second kappa shape index (κ2) is 17.9. The topological polar surface area (TPSA) is 150 Å². The fraction of sp³-hybridized carbons (Fsp3) is 0.0571. The van der Waals surface area contributed by atoms with E-state index in [9.17, 15) is 24.0 Å². The van der Waals surface area contributed by atoms with Crippen molar-refractivity contribution in [3.05, 3.63) is 59.2 Å². The van der Waals surface area contributed by atoms with Gasteiger partial charge in [0.1, 0.15) is 0 Å². The lowest BCUT2D eigenvalue weighted by Crippen LogP contribution is -2.17. The molecule has 0 radical (unpaired) electrons. The highest BCUT2D eigenvalue weighted by Crippen LogP contribution is 2.17. The fourth-order valence-corrected chi connectivity index (χ4v) is 2.83. The molecule has 0 heterocycles. The van der Waals surface area contributed by atoms with Gasteiger partial charge in [0.15, 0.2) is 5.78 Å². The second-order valence-electron chi connectivity index (χ2n) is 7.71. The molecule has 2 rings (SSSR count). The first-order chi connectivity index (χ1) is 21.2. The molecule has 0 saturated heterocycles. The van der Waals surface area contributed by atoms with E-state index in [-0.39, 0.29) is 45.2 Å². The average Bonchev–Trinajstić information content (AvgIpc) is 2.99. The molecule has 0 aliphatic heterocycles. The van der Waals surface area contributed by atoms with Crippen LogP contribution in [0.15, 0.2) is 42.5 Å². The Morgan fingerprint density at radius 3 is 1.50 bits per heavy atom. The first-order valence-corrected chi connectivity index (χ1v) is 12.0. The van der Waals surface area contributed by atoms with Crippen molar-refractivity contribution in [2.45, 2.75) is 13.3 Å². The van der Waals surface area contributed by atoms with E-state index in [1.54, 1.807) is 6.92 Å². The summed E-state index contributed by atoms with van der Waals surface area (Å²) in [6.07, 6.45) is -0.600. The highest BCUT2D eigenvalue weighted by atomic mass is 16.4. The molecule has 2 aromatic rings. The van der Waals surface area contributed by atoms with E-state index in [2.05, 4.69) is 105 Å². The van der Waals surface area contributed by atoms with Crippen LogP contribution in [0.4, 0.5) is 11.4 Å². The largest absolute Gasteiger partial charge is 0.478 e. The van der Waals surface area contributed by atoms with Gasteiger partial charge in [-0.2, -0.15) is 0 Å². The molecular weight excluding hydrogens is 560 g/mol. The van der Waals surface area contributed by atoms with Crippen molar-refractivity contribution in [3.63, 3.8) is 0 Å². The Kier molecular flexibility index (Phi) is 13.3. The SMILES string of the molecule is CC#CC#CC#CC#CC#CC#CC#CC#CC(=O)Nc1ccc(C(=O)CC(=O)Nc2cc(C(=O)O)cc(C(=O)O)c2)cc1.[HH].[HH].[HH].[HH].[HH].[HH].[HH].[HH].[HH].[HH].[HH].[HH].[HH].[HH].[HH].[HH]. The van der Waals surface area contributed by atoms with Crippen LogP contribution in [0.5, 0.6) is 0 Å². The fourth-order valence-electron chi connectivity index (χ4n) is 2.83. The molecule has 0 saturated carbocycles. The minimum Gasteiger partial charge on any atom is -0.478 e. The molecule has 240 valence electrons. The van der Waals surface area contributed by atoms with Crippen LogP contribution in [0.2, 0.25) is 0 Å². The van der Waals surface area contributed by atoms with Gasteiger partial charge >= 0.3 is 17.8 Å². The molecule has 44 heavy (non-hydrogen) atoms. The molecule has 0 unspecified atom stereocenters. The van der Waals surface area contributed by atoms with Crippen LogP contribution in [0, 0.1) is 94.7 Å². The van der Waals surface area contributed by atoms with Crippen molar-refractivity contribution in [2.24, 2.45) is 0 Å². The molecule has 4 N–H and O–H groups in total. The summed E-state index contributed by atoms with van der Waals surface area (Å²) in [4.78, 5) is 59.2. The molecule has 0 atom stereocenters. The number of carbonyl (C=O) groups excluding carboxylic acids is 3. The first-order valence-electron chi connectivity index (χ1n) is 12.0. The highest BCUT2D eigenvalue weighted by molar-refractivity contribution is 6.11. The zero-order valence-electron chi connectivity index (χ0n) is 22.7. The third kappa shape index (κ3) is 12.5. The molecule has 0 bridgehead atoms. The minimum atomic E-state index is -1.38. The number of carbonyl (C=O) groups is 5. The Balaban J connectivity index is -0.0000000974. The van der Waals surface area contributed by atoms with Gasteiger partial charge < -0.3 is 20.8 Å². The zero-order chi connectivity index (χ0) is 32.2. The van der Waals surface area contributed by atoms with Crippen LogP contribution in [0.3, 0.4) is 0 Å². The van der Waals surface area contributed by atoms with E-state index < -0.39 is 36.0 Å². The molecule has 0 aromatic heterocycles. The van der Waals surface area contributed by atoms with Gasteiger partial charge in [0, 0.05) is 45.7 Å². The minimum absolute atomic E-state index is 0. The summed E-state index contributed by atoms with van der Waals surface area (Å²) in [6, 6.07) is 8.72. The Morgan fingerprint density at radius 1 is 0.591 bits per heavy atom. The molecule has 0 aliphatic rings. The maximum absolute atomic E-state index is 12.5. The maximum atomic E-state index is 12.5. The van der Waals surface area contributed by atoms with Crippen LogP contribution in [0.1, 0.15) is 67.2 Å². The van der Waals surface area contributed by atoms with E-state index in [1.807, 2.05) is 0 Å². The predicted octanol–water partition coefficient (Wildman–Crippen LogP) is 6.22. The van der Waals surface area contributed by atoms with E-state index >= 15 is 0 Å². The lowest BCUT2D eigenvalue weighted by Gasteiger charge is -2.08. The number of rotatable bonds is 7. The summed E-state index contributed by atoms with van der Waals surface area (Å²) in [5.41, 5.74) is -0.283. The molecule has 0 spiro atoms. The second-order valence-corrected chi connectivity index (χ2v) is 7.71. The van der Waals surface area contributed by atoms with E-state index in [0.717, 1.165) is 18.2 Å². The van der Waals surface area contributed by atoms with Gasteiger partial charge in [-0.1, -0.05) is 5.92 Å². The predicted molar refractivity (Wildman–Crippen MR) is 195 cm³/mol. The maximum Gasteiger partial charge on any atom is 0.335 e. The Hall–Kier alpha value is -7.53. The number of amides is 2. The summed E-state index contributed by atoms with van der Waals surface area (Å²) in [5.74, 6) is 34.4. The van der Waals surface area contributed by atoms with Crippen LogP contribution in [-0.4, -0.2) is 39.7 Å². The van der Waals surface area contributed by atoms with Crippen molar-refractivity contribution in [3.8, 4) is 94.7 Å². The smallest absolute Gasteiger partial charge is 0.335 e. The van der Waals surface area contributed by atoms with Crippen LogP contribution >= 0.6 is 0 Å². The lowest BCUT2D eigenvalue weighted by molar-refractivity contribution is -0.115. The number of aromatic carboxylic acids is 2. The van der Waals surface area contributed by atoms with Crippen molar-refractivity contribution in [1.82, 2.24) is 0 Å². The molecule has 0 fully saturated rings. The van der Waals surface area contributed by atoms with Crippen molar-refractivity contribution < 1.29 is 57.0 Å². The highest BCUT2D eigenvalue weighted by Gasteiger charge is 2.16. The van der Waals surface area contributed by atoms with Gasteiger partial charge in [0.25, 0.3) is 0 Å². The number of carboxylic acid groups (broad SMARTS) is 2. The number of nitrogens with one attached hydrogen (secondary N) is 2. The quantitative estimate of drug-likeness (QED) is 0.166. The van der Waals surface area contributed by atoms with Crippen LogP contribution in [0.25, 0.3) is 0 Å². The number of carboxylic acids is 2. The third-order valence-corrected chi connectivity index (χ3v) is 4.61. The number of anilines is 2. The molecule has 0 aliphatic carbocycles. The number of ketones is 1. The molecule has 9 nitrogen and oxygen atoms in total. The Labute approximate surface area is 276 Å². The van der Waals surface area contributed by atoms with Gasteiger partial charge in [0.05, 0.1) is 17.5 Å². The number of benzene rings is 2. The van der Waals surface area contributed by atoms with Crippen molar-refractivity contribution in [2.75, 3.05) is 10.6 Å². The van der Waals surface area contributed by atoms with Gasteiger partial charge in [0.2, 0.25) is 5.91 Å². The van der Waals surface area contributed by atoms with Crippen LogP contribution < -0.4 is 10.6 Å².